The van der Waals surface area contributed by atoms with Gasteiger partial charge in [-0.2, -0.15) is 0 Å². The molecule has 1 aromatic carbocycles. The van der Waals surface area contributed by atoms with Crippen molar-refractivity contribution in [3.8, 4) is 0 Å². The van der Waals surface area contributed by atoms with Crippen LogP contribution in [0.4, 0.5) is 5.69 Å². The molecule has 3 heterocycles. The summed E-state index contributed by atoms with van der Waals surface area (Å²) in [4.78, 5) is 35.5. The molecule has 1 unspecified atom stereocenters. The molecule has 1 amide bonds. The zero-order valence-electron chi connectivity index (χ0n) is 16.0. The van der Waals surface area contributed by atoms with E-state index in [9.17, 15) is 14.7 Å². The van der Waals surface area contributed by atoms with Crippen LogP contribution in [0.25, 0.3) is 5.76 Å². The monoisotopic (exact) mass is 385 g/mol. The highest BCUT2D eigenvalue weighted by molar-refractivity contribution is 6.51. The number of hydrogen-bond acceptors (Lipinski definition) is 5. The van der Waals surface area contributed by atoms with E-state index in [1.807, 2.05) is 32.0 Å². The van der Waals surface area contributed by atoms with Gasteiger partial charge in [0.15, 0.2) is 0 Å². The Hall–Kier alpha value is -3.80. The van der Waals surface area contributed by atoms with Crippen LogP contribution in [-0.4, -0.2) is 26.8 Å². The lowest BCUT2D eigenvalue weighted by Crippen LogP contribution is -2.29. The third-order valence-corrected chi connectivity index (χ3v) is 4.90. The zero-order chi connectivity index (χ0) is 20.5. The molecule has 0 radical (unpaired) electrons. The molecule has 1 fully saturated rings. The van der Waals surface area contributed by atoms with E-state index in [-0.39, 0.29) is 11.3 Å². The van der Waals surface area contributed by atoms with Crippen molar-refractivity contribution >= 4 is 23.1 Å². The van der Waals surface area contributed by atoms with Crippen molar-refractivity contribution in [3.05, 3.63) is 95.1 Å². The van der Waals surface area contributed by atoms with Crippen LogP contribution >= 0.6 is 0 Å². The third kappa shape index (κ3) is 3.29. The minimum absolute atomic E-state index is 0.0477. The number of aliphatic hydroxyl groups excluding tert-OH is 1. The number of hydrogen-bond donors (Lipinski definition) is 1. The molecule has 1 N–H and O–H groups in total. The summed E-state index contributed by atoms with van der Waals surface area (Å²) >= 11 is 0. The predicted molar refractivity (Wildman–Crippen MR) is 109 cm³/mol. The Kier molecular flexibility index (Phi) is 4.68. The largest absolute Gasteiger partial charge is 0.507 e. The first kappa shape index (κ1) is 18.6. The Bertz CT molecular complexity index is 1100. The molecule has 6 heteroatoms. The summed E-state index contributed by atoms with van der Waals surface area (Å²) in [5, 5.41) is 11.0. The Morgan fingerprint density at radius 3 is 2.03 bits per heavy atom. The number of aromatic nitrogens is 2. The lowest BCUT2D eigenvalue weighted by molar-refractivity contribution is -0.132. The van der Waals surface area contributed by atoms with Crippen LogP contribution in [0.2, 0.25) is 0 Å². The normalized spacial score (nSPS) is 18.3. The Morgan fingerprint density at radius 2 is 1.45 bits per heavy atom. The molecule has 0 bridgehead atoms. The van der Waals surface area contributed by atoms with Crippen molar-refractivity contribution in [2.45, 2.75) is 19.9 Å². The molecule has 1 aliphatic heterocycles. The number of ketones is 1. The minimum atomic E-state index is -0.757. The second kappa shape index (κ2) is 7.31. The van der Waals surface area contributed by atoms with Crippen LogP contribution in [0.15, 0.2) is 72.8 Å². The summed E-state index contributed by atoms with van der Waals surface area (Å²) in [6.07, 6.45) is 6.25. The fourth-order valence-corrected chi connectivity index (χ4v) is 3.71. The van der Waals surface area contributed by atoms with Gasteiger partial charge in [-0.05, 0) is 66.9 Å². The Morgan fingerprint density at radius 1 is 0.897 bits per heavy atom. The number of anilines is 1. The fraction of sp³-hybridized carbons (Fsp3) is 0.130. The summed E-state index contributed by atoms with van der Waals surface area (Å²) < 4.78 is 0. The van der Waals surface area contributed by atoms with Gasteiger partial charge in [0, 0.05) is 36.0 Å². The van der Waals surface area contributed by atoms with Gasteiger partial charge in [-0.25, -0.2) is 0 Å². The van der Waals surface area contributed by atoms with E-state index in [0.29, 0.717) is 16.8 Å². The molecule has 3 aromatic rings. The average Bonchev–Trinajstić information content (AvgIpc) is 2.99. The topological polar surface area (TPSA) is 83.4 Å². The van der Waals surface area contributed by atoms with Gasteiger partial charge in [0.05, 0.1) is 11.6 Å². The van der Waals surface area contributed by atoms with E-state index in [1.54, 1.807) is 36.7 Å². The molecule has 0 spiro atoms. The molecule has 4 rings (SSSR count). The van der Waals surface area contributed by atoms with Crippen molar-refractivity contribution in [2.24, 2.45) is 0 Å². The van der Waals surface area contributed by atoms with Crippen molar-refractivity contribution in [1.82, 2.24) is 9.97 Å². The van der Waals surface area contributed by atoms with Gasteiger partial charge < -0.3 is 5.11 Å². The molecule has 2 aromatic heterocycles. The maximum absolute atomic E-state index is 13.1. The Labute approximate surface area is 168 Å². The predicted octanol–water partition coefficient (Wildman–Crippen LogP) is 3.72. The number of nitrogens with zero attached hydrogens (tertiary/aromatic N) is 3. The first-order chi connectivity index (χ1) is 14.0. The SMILES string of the molecule is Cc1cc(C)cc(N2C(=O)C(=O)/C(=C(/O)c3ccncc3)C2c2ccncc2)c1. The first-order valence-electron chi connectivity index (χ1n) is 9.17. The second-order valence-corrected chi connectivity index (χ2v) is 7.03. The molecule has 0 saturated carbocycles. The number of carbonyl (C=O) groups is 2. The zero-order valence-corrected chi connectivity index (χ0v) is 16.0. The van der Waals surface area contributed by atoms with Gasteiger partial charge >= 0.3 is 0 Å². The molecule has 0 aliphatic carbocycles. The molecule has 144 valence electrons. The van der Waals surface area contributed by atoms with Gasteiger partial charge in [-0.1, -0.05) is 6.07 Å². The summed E-state index contributed by atoms with van der Waals surface area (Å²) in [5.74, 6) is -1.62. The van der Waals surface area contributed by atoms with E-state index in [1.165, 1.54) is 17.3 Å². The highest BCUT2D eigenvalue weighted by Gasteiger charge is 2.47. The number of amides is 1. The van der Waals surface area contributed by atoms with E-state index in [4.69, 9.17) is 0 Å². The maximum Gasteiger partial charge on any atom is 0.300 e. The van der Waals surface area contributed by atoms with Gasteiger partial charge in [0.1, 0.15) is 5.76 Å². The third-order valence-electron chi connectivity index (χ3n) is 4.90. The van der Waals surface area contributed by atoms with Crippen molar-refractivity contribution in [1.29, 1.82) is 0 Å². The van der Waals surface area contributed by atoms with E-state index in [0.717, 1.165) is 11.1 Å². The maximum atomic E-state index is 13.1. The first-order valence-corrected chi connectivity index (χ1v) is 9.17. The molecular weight excluding hydrogens is 366 g/mol. The van der Waals surface area contributed by atoms with Crippen LogP contribution in [0.3, 0.4) is 0 Å². The van der Waals surface area contributed by atoms with Gasteiger partial charge in [-0.15, -0.1) is 0 Å². The van der Waals surface area contributed by atoms with Crippen molar-refractivity contribution in [3.63, 3.8) is 0 Å². The quantitative estimate of drug-likeness (QED) is 0.422. The molecule has 6 nitrogen and oxygen atoms in total. The Balaban J connectivity index is 1.97. The van der Waals surface area contributed by atoms with Crippen LogP contribution in [0.1, 0.15) is 28.3 Å². The van der Waals surface area contributed by atoms with E-state index < -0.39 is 17.7 Å². The number of carbonyl (C=O) groups excluding carboxylic acids is 2. The van der Waals surface area contributed by atoms with Gasteiger partial charge in [0.25, 0.3) is 11.7 Å². The highest BCUT2D eigenvalue weighted by Crippen LogP contribution is 2.42. The highest BCUT2D eigenvalue weighted by atomic mass is 16.3. The standard InChI is InChI=1S/C23H19N3O3/c1-14-11-15(2)13-18(12-14)26-20(16-3-7-24-8-4-16)19(22(28)23(26)29)21(27)17-5-9-25-10-6-17/h3-13,20,27H,1-2H3/b21-19+. The van der Waals surface area contributed by atoms with Crippen molar-refractivity contribution < 1.29 is 14.7 Å². The number of benzene rings is 1. The summed E-state index contributed by atoms with van der Waals surface area (Å²) in [5.41, 5.74) is 3.73. The average molecular weight is 385 g/mol. The number of rotatable bonds is 3. The van der Waals surface area contributed by atoms with Crippen LogP contribution in [0, 0.1) is 13.8 Å². The van der Waals surface area contributed by atoms with E-state index >= 15 is 0 Å². The van der Waals surface area contributed by atoms with Gasteiger partial charge in [0.2, 0.25) is 0 Å². The molecule has 1 saturated heterocycles. The molecule has 1 atom stereocenters. The number of Topliss-reactive ketones (excluding diaryl/α,β-unsaturated/α-hetero) is 1. The van der Waals surface area contributed by atoms with Crippen molar-refractivity contribution in [2.75, 3.05) is 4.90 Å². The lowest BCUT2D eigenvalue weighted by atomic mass is 9.96. The number of aliphatic hydroxyl groups is 1. The van der Waals surface area contributed by atoms with Crippen LogP contribution in [-0.2, 0) is 9.59 Å². The smallest absolute Gasteiger partial charge is 0.300 e. The molecule has 1 aliphatic rings. The lowest BCUT2D eigenvalue weighted by Gasteiger charge is -2.26. The number of aryl methyl sites for hydroxylation is 2. The van der Waals surface area contributed by atoms with E-state index in [2.05, 4.69) is 9.97 Å². The summed E-state index contributed by atoms with van der Waals surface area (Å²) in [7, 11) is 0. The summed E-state index contributed by atoms with van der Waals surface area (Å²) in [6, 6.07) is 11.6. The van der Waals surface area contributed by atoms with Gasteiger partial charge in [-0.3, -0.25) is 24.5 Å². The molecule has 29 heavy (non-hydrogen) atoms. The fourth-order valence-electron chi connectivity index (χ4n) is 3.71. The van der Waals surface area contributed by atoms with Crippen LogP contribution in [0.5, 0.6) is 0 Å². The summed E-state index contributed by atoms with van der Waals surface area (Å²) in [6.45, 7) is 3.87. The second-order valence-electron chi connectivity index (χ2n) is 7.03. The minimum Gasteiger partial charge on any atom is -0.507 e. The number of pyridine rings is 2. The van der Waals surface area contributed by atoms with Crippen LogP contribution < -0.4 is 4.90 Å². The molecular formula is C23H19N3O3.